The highest BCUT2D eigenvalue weighted by Crippen LogP contribution is 2.43. The van der Waals surface area contributed by atoms with E-state index in [1.54, 1.807) is 0 Å². The molecule has 0 bridgehead atoms. The highest BCUT2D eigenvalue weighted by atomic mass is 16.1. The maximum Gasteiger partial charge on any atom is 0.221 e. The minimum atomic E-state index is 0.215. The van der Waals surface area contributed by atoms with Gasteiger partial charge in [-0.15, -0.1) is 0 Å². The van der Waals surface area contributed by atoms with Gasteiger partial charge < -0.3 is 10.6 Å². The zero-order valence-corrected chi connectivity index (χ0v) is 9.87. The number of hydrogen-bond donors (Lipinski definition) is 2. The normalized spacial score (nSPS) is 39.8. The summed E-state index contributed by atoms with van der Waals surface area (Å²) in [6, 6.07) is 1.08. The highest BCUT2D eigenvalue weighted by molar-refractivity contribution is 5.78. The van der Waals surface area contributed by atoms with Crippen LogP contribution in [0.15, 0.2) is 0 Å². The van der Waals surface area contributed by atoms with E-state index in [-0.39, 0.29) is 5.91 Å². The van der Waals surface area contributed by atoms with E-state index in [2.05, 4.69) is 10.6 Å². The molecule has 0 spiro atoms. The van der Waals surface area contributed by atoms with E-state index in [4.69, 9.17) is 0 Å². The predicted octanol–water partition coefficient (Wildman–Crippen LogP) is 1.43. The molecule has 3 rings (SSSR count). The van der Waals surface area contributed by atoms with Gasteiger partial charge in [-0.05, 0) is 37.5 Å². The Balaban J connectivity index is 1.48. The van der Waals surface area contributed by atoms with Crippen LogP contribution in [0.2, 0.25) is 0 Å². The zero-order valence-electron chi connectivity index (χ0n) is 9.87. The van der Waals surface area contributed by atoms with Crippen molar-refractivity contribution in [1.82, 2.24) is 10.6 Å². The molecule has 3 unspecified atom stereocenters. The molecule has 3 heteroatoms. The molecule has 0 aromatic rings. The summed E-state index contributed by atoms with van der Waals surface area (Å²) in [6.45, 7) is 0.837. The summed E-state index contributed by atoms with van der Waals surface area (Å²) >= 11 is 0. The quantitative estimate of drug-likeness (QED) is 0.758. The Bertz CT molecular complexity index is 275. The van der Waals surface area contributed by atoms with Crippen LogP contribution < -0.4 is 10.6 Å². The second-order valence-electron chi connectivity index (χ2n) is 5.83. The smallest absolute Gasteiger partial charge is 0.221 e. The van der Waals surface area contributed by atoms with E-state index in [1.165, 1.54) is 38.5 Å². The summed E-state index contributed by atoms with van der Waals surface area (Å²) < 4.78 is 0. The minimum Gasteiger partial charge on any atom is -0.354 e. The third kappa shape index (κ3) is 2.40. The van der Waals surface area contributed by atoms with Crippen molar-refractivity contribution in [3.05, 3.63) is 0 Å². The summed E-state index contributed by atoms with van der Waals surface area (Å²) in [6.07, 6.45) is 9.13. The summed E-state index contributed by atoms with van der Waals surface area (Å²) in [5.74, 6) is 2.25. The molecule has 0 aromatic heterocycles. The number of hydrogen-bond acceptors (Lipinski definition) is 2. The second-order valence-corrected chi connectivity index (χ2v) is 5.83. The molecular weight excluding hydrogens is 200 g/mol. The number of carbonyl (C=O) groups excluding carboxylic acids is 1. The lowest BCUT2D eigenvalue weighted by Gasteiger charge is -2.31. The molecule has 2 N–H and O–H groups in total. The molecule has 90 valence electrons. The van der Waals surface area contributed by atoms with E-state index in [0.717, 1.165) is 18.4 Å². The van der Waals surface area contributed by atoms with Gasteiger partial charge in [0.05, 0.1) is 0 Å². The van der Waals surface area contributed by atoms with E-state index in [9.17, 15) is 4.79 Å². The average molecular weight is 222 g/mol. The molecule has 3 nitrogen and oxygen atoms in total. The Hall–Kier alpha value is -0.570. The van der Waals surface area contributed by atoms with Gasteiger partial charge in [0, 0.05) is 25.0 Å². The molecule has 3 atom stereocenters. The first-order valence-electron chi connectivity index (χ1n) is 6.84. The fourth-order valence-electron chi connectivity index (χ4n) is 3.43. The van der Waals surface area contributed by atoms with Gasteiger partial charge in [0.15, 0.2) is 0 Å². The van der Waals surface area contributed by atoms with Crippen LogP contribution in [0, 0.1) is 11.8 Å². The molecule has 2 saturated carbocycles. The second kappa shape index (κ2) is 4.36. The van der Waals surface area contributed by atoms with E-state index >= 15 is 0 Å². The Morgan fingerprint density at radius 1 is 1.06 bits per heavy atom. The van der Waals surface area contributed by atoms with Crippen molar-refractivity contribution < 1.29 is 4.79 Å². The topological polar surface area (TPSA) is 41.1 Å². The van der Waals surface area contributed by atoms with Crippen LogP contribution in [-0.4, -0.2) is 24.5 Å². The van der Waals surface area contributed by atoms with Crippen molar-refractivity contribution in [3.8, 4) is 0 Å². The largest absolute Gasteiger partial charge is 0.354 e. The molecule has 1 saturated heterocycles. The number of carbonyl (C=O) groups is 1. The van der Waals surface area contributed by atoms with Gasteiger partial charge in [-0.2, -0.15) is 0 Å². The Morgan fingerprint density at radius 3 is 2.62 bits per heavy atom. The lowest BCUT2D eigenvalue weighted by Crippen LogP contribution is -2.42. The summed E-state index contributed by atoms with van der Waals surface area (Å²) in [7, 11) is 0. The van der Waals surface area contributed by atoms with Crippen LogP contribution in [-0.2, 0) is 4.79 Å². The van der Waals surface area contributed by atoms with Crippen molar-refractivity contribution >= 4 is 5.91 Å². The Kier molecular flexibility index (Phi) is 2.88. The van der Waals surface area contributed by atoms with Crippen molar-refractivity contribution in [2.24, 2.45) is 11.8 Å². The standard InChI is InChI=1S/C13H22N2O/c16-13-7-12(8-14-13)15-11-3-1-2-10(6-11)9-4-5-9/h9-12,15H,1-8H2,(H,14,16). The third-order valence-corrected chi connectivity index (χ3v) is 4.45. The van der Waals surface area contributed by atoms with Crippen molar-refractivity contribution in [2.45, 2.75) is 57.0 Å². The van der Waals surface area contributed by atoms with Crippen LogP contribution >= 0.6 is 0 Å². The van der Waals surface area contributed by atoms with Gasteiger partial charge in [-0.3, -0.25) is 4.79 Å². The van der Waals surface area contributed by atoms with Crippen LogP contribution in [0.25, 0.3) is 0 Å². The molecule has 0 aromatic carbocycles. The van der Waals surface area contributed by atoms with Gasteiger partial charge in [-0.1, -0.05) is 12.8 Å². The first kappa shape index (κ1) is 10.6. The molecule has 3 aliphatic rings. The van der Waals surface area contributed by atoms with Crippen molar-refractivity contribution in [1.29, 1.82) is 0 Å². The van der Waals surface area contributed by atoms with Gasteiger partial charge in [0.2, 0.25) is 5.91 Å². The van der Waals surface area contributed by atoms with E-state index in [0.29, 0.717) is 18.5 Å². The van der Waals surface area contributed by atoms with Crippen molar-refractivity contribution in [2.75, 3.05) is 6.54 Å². The number of amides is 1. The summed E-state index contributed by atoms with van der Waals surface area (Å²) in [5, 5.41) is 6.58. The molecule has 1 amide bonds. The van der Waals surface area contributed by atoms with Gasteiger partial charge >= 0.3 is 0 Å². The molecule has 1 aliphatic heterocycles. The zero-order chi connectivity index (χ0) is 11.0. The van der Waals surface area contributed by atoms with Crippen LogP contribution in [0.4, 0.5) is 0 Å². The first-order chi connectivity index (χ1) is 7.81. The Morgan fingerprint density at radius 2 is 1.94 bits per heavy atom. The fraction of sp³-hybridized carbons (Fsp3) is 0.923. The average Bonchev–Trinajstić information content (AvgIpc) is 3.05. The van der Waals surface area contributed by atoms with E-state index in [1.807, 2.05) is 0 Å². The van der Waals surface area contributed by atoms with Crippen molar-refractivity contribution in [3.63, 3.8) is 0 Å². The first-order valence-corrected chi connectivity index (χ1v) is 6.84. The molecular formula is C13H22N2O. The number of rotatable bonds is 3. The molecule has 16 heavy (non-hydrogen) atoms. The summed E-state index contributed by atoms with van der Waals surface area (Å²) in [5.41, 5.74) is 0. The third-order valence-electron chi connectivity index (χ3n) is 4.45. The molecule has 2 aliphatic carbocycles. The maximum atomic E-state index is 11.1. The summed E-state index contributed by atoms with van der Waals surface area (Å²) in [4.78, 5) is 11.1. The van der Waals surface area contributed by atoms with E-state index < -0.39 is 0 Å². The van der Waals surface area contributed by atoms with Gasteiger partial charge in [0.25, 0.3) is 0 Å². The minimum absolute atomic E-state index is 0.215. The molecule has 0 radical (unpaired) electrons. The van der Waals surface area contributed by atoms with Crippen LogP contribution in [0.5, 0.6) is 0 Å². The molecule has 1 heterocycles. The van der Waals surface area contributed by atoms with Crippen LogP contribution in [0.3, 0.4) is 0 Å². The SMILES string of the molecule is O=C1CC(NC2CCCC(C3CC3)C2)CN1. The molecule has 3 fully saturated rings. The lowest BCUT2D eigenvalue weighted by molar-refractivity contribution is -0.119. The monoisotopic (exact) mass is 222 g/mol. The highest BCUT2D eigenvalue weighted by Gasteiger charge is 2.35. The van der Waals surface area contributed by atoms with Gasteiger partial charge in [-0.25, -0.2) is 0 Å². The lowest BCUT2D eigenvalue weighted by atomic mass is 9.82. The maximum absolute atomic E-state index is 11.1. The Labute approximate surface area is 97.4 Å². The number of nitrogens with one attached hydrogen (secondary N) is 2. The fourth-order valence-corrected chi connectivity index (χ4v) is 3.43. The van der Waals surface area contributed by atoms with Crippen LogP contribution in [0.1, 0.15) is 44.9 Å². The predicted molar refractivity (Wildman–Crippen MR) is 63.0 cm³/mol. The van der Waals surface area contributed by atoms with Gasteiger partial charge in [0.1, 0.15) is 0 Å².